The van der Waals surface area contributed by atoms with E-state index in [2.05, 4.69) is 12.1 Å². The average Bonchev–Trinajstić information content (AvgIpc) is 2.35. The number of hydrogen-bond donors (Lipinski definition) is 1. The lowest BCUT2D eigenvalue weighted by Gasteiger charge is -2.14. The third-order valence-electron chi connectivity index (χ3n) is 2.88. The van der Waals surface area contributed by atoms with Gasteiger partial charge in [-0.3, -0.25) is 0 Å². The van der Waals surface area contributed by atoms with Crippen molar-refractivity contribution in [3.05, 3.63) is 23.3 Å². The predicted octanol–water partition coefficient (Wildman–Crippen LogP) is 2.68. The van der Waals surface area contributed by atoms with Crippen LogP contribution < -0.4 is 15.2 Å². The standard InChI is InChI=1S/C14H23NO2/c1-11-9-13(16-2)12(14(10-11)17-3)7-5-4-6-8-15/h9-10H,4-8,15H2,1-3H3. The molecule has 0 atom stereocenters. The summed E-state index contributed by atoms with van der Waals surface area (Å²) in [6.45, 7) is 2.81. The first-order valence-corrected chi connectivity index (χ1v) is 6.14. The summed E-state index contributed by atoms with van der Waals surface area (Å²) in [6, 6.07) is 4.11. The average molecular weight is 237 g/mol. The third-order valence-corrected chi connectivity index (χ3v) is 2.88. The lowest BCUT2D eigenvalue weighted by atomic mass is 10.0. The summed E-state index contributed by atoms with van der Waals surface area (Å²) in [5.41, 5.74) is 7.81. The van der Waals surface area contributed by atoms with Crippen LogP contribution in [0, 0.1) is 6.92 Å². The second kappa shape index (κ2) is 7.17. The Bertz CT molecular complexity index is 325. The molecule has 1 aromatic rings. The first kappa shape index (κ1) is 13.8. The van der Waals surface area contributed by atoms with E-state index in [-0.39, 0.29) is 0 Å². The fourth-order valence-corrected chi connectivity index (χ4v) is 1.98. The summed E-state index contributed by atoms with van der Waals surface area (Å²) < 4.78 is 10.8. The molecule has 0 aromatic heterocycles. The minimum atomic E-state index is 0.766. The van der Waals surface area contributed by atoms with Crippen molar-refractivity contribution in [2.75, 3.05) is 20.8 Å². The Balaban J connectivity index is 2.79. The second-order valence-corrected chi connectivity index (χ2v) is 4.25. The van der Waals surface area contributed by atoms with Crippen LogP contribution in [0.4, 0.5) is 0 Å². The highest BCUT2D eigenvalue weighted by Gasteiger charge is 2.10. The molecule has 17 heavy (non-hydrogen) atoms. The number of methoxy groups -OCH3 is 2. The first-order valence-electron chi connectivity index (χ1n) is 6.14. The molecule has 0 aliphatic carbocycles. The Kier molecular flexibility index (Phi) is 5.84. The molecular formula is C14H23NO2. The zero-order valence-corrected chi connectivity index (χ0v) is 11.1. The summed E-state index contributed by atoms with van der Waals surface area (Å²) in [4.78, 5) is 0. The molecule has 0 radical (unpaired) electrons. The molecular weight excluding hydrogens is 214 g/mol. The van der Waals surface area contributed by atoms with Crippen LogP contribution in [-0.4, -0.2) is 20.8 Å². The van der Waals surface area contributed by atoms with Gasteiger partial charge in [0.1, 0.15) is 11.5 Å². The fourth-order valence-electron chi connectivity index (χ4n) is 1.98. The third kappa shape index (κ3) is 3.93. The summed E-state index contributed by atoms with van der Waals surface area (Å²) in [5.74, 6) is 1.85. The Morgan fingerprint density at radius 3 is 2.06 bits per heavy atom. The van der Waals surface area contributed by atoms with E-state index in [0.717, 1.165) is 54.9 Å². The topological polar surface area (TPSA) is 44.5 Å². The first-order chi connectivity index (χ1) is 8.22. The van der Waals surface area contributed by atoms with Crippen LogP contribution in [0.15, 0.2) is 12.1 Å². The lowest BCUT2D eigenvalue weighted by molar-refractivity contribution is 0.383. The van der Waals surface area contributed by atoms with E-state index in [1.807, 2.05) is 6.92 Å². The van der Waals surface area contributed by atoms with E-state index in [1.165, 1.54) is 0 Å². The van der Waals surface area contributed by atoms with E-state index in [9.17, 15) is 0 Å². The number of unbranched alkanes of at least 4 members (excludes halogenated alkanes) is 2. The highest BCUT2D eigenvalue weighted by molar-refractivity contribution is 5.47. The van der Waals surface area contributed by atoms with Crippen LogP contribution in [0.2, 0.25) is 0 Å². The van der Waals surface area contributed by atoms with E-state index < -0.39 is 0 Å². The highest BCUT2D eigenvalue weighted by atomic mass is 16.5. The molecule has 2 N–H and O–H groups in total. The number of aryl methyl sites for hydroxylation is 1. The number of benzene rings is 1. The minimum absolute atomic E-state index is 0.766. The molecule has 1 rings (SSSR count). The van der Waals surface area contributed by atoms with E-state index in [4.69, 9.17) is 15.2 Å². The van der Waals surface area contributed by atoms with Gasteiger partial charge in [-0.1, -0.05) is 6.42 Å². The summed E-state index contributed by atoms with van der Waals surface area (Å²) >= 11 is 0. The van der Waals surface area contributed by atoms with Gasteiger partial charge in [-0.2, -0.15) is 0 Å². The maximum absolute atomic E-state index is 5.49. The van der Waals surface area contributed by atoms with Crippen molar-refractivity contribution in [1.29, 1.82) is 0 Å². The van der Waals surface area contributed by atoms with Crippen LogP contribution >= 0.6 is 0 Å². The van der Waals surface area contributed by atoms with Gasteiger partial charge in [-0.05, 0) is 50.4 Å². The molecule has 0 aliphatic heterocycles. The van der Waals surface area contributed by atoms with Crippen LogP contribution in [0.5, 0.6) is 11.5 Å². The summed E-state index contributed by atoms with van der Waals surface area (Å²) in [7, 11) is 3.41. The number of rotatable bonds is 7. The van der Waals surface area contributed by atoms with Crippen LogP contribution in [0.1, 0.15) is 30.4 Å². The lowest BCUT2D eigenvalue weighted by Crippen LogP contribution is -2.00. The predicted molar refractivity (Wildman–Crippen MR) is 70.9 cm³/mol. The zero-order chi connectivity index (χ0) is 12.7. The summed E-state index contributed by atoms with van der Waals surface area (Å²) in [5, 5.41) is 0. The van der Waals surface area contributed by atoms with Gasteiger partial charge in [-0.15, -0.1) is 0 Å². The number of ether oxygens (including phenoxy) is 2. The monoisotopic (exact) mass is 237 g/mol. The Morgan fingerprint density at radius 1 is 1.00 bits per heavy atom. The van der Waals surface area contributed by atoms with Crippen molar-refractivity contribution >= 4 is 0 Å². The normalized spacial score (nSPS) is 10.4. The van der Waals surface area contributed by atoms with Crippen molar-refractivity contribution in [3.8, 4) is 11.5 Å². The molecule has 0 saturated heterocycles. The molecule has 0 bridgehead atoms. The number of hydrogen-bond acceptors (Lipinski definition) is 3. The van der Waals surface area contributed by atoms with E-state index in [0.29, 0.717) is 0 Å². The van der Waals surface area contributed by atoms with Crippen molar-refractivity contribution in [2.24, 2.45) is 5.73 Å². The Hall–Kier alpha value is -1.22. The van der Waals surface area contributed by atoms with E-state index in [1.54, 1.807) is 14.2 Å². The molecule has 1 aromatic carbocycles. The maximum Gasteiger partial charge on any atom is 0.126 e. The van der Waals surface area contributed by atoms with Crippen LogP contribution in [-0.2, 0) is 6.42 Å². The van der Waals surface area contributed by atoms with Crippen LogP contribution in [0.3, 0.4) is 0 Å². The van der Waals surface area contributed by atoms with Gasteiger partial charge in [0, 0.05) is 5.56 Å². The van der Waals surface area contributed by atoms with Gasteiger partial charge in [-0.25, -0.2) is 0 Å². The largest absolute Gasteiger partial charge is 0.496 e. The van der Waals surface area contributed by atoms with Crippen LogP contribution in [0.25, 0.3) is 0 Å². The highest BCUT2D eigenvalue weighted by Crippen LogP contribution is 2.31. The van der Waals surface area contributed by atoms with Crippen molar-refractivity contribution in [1.82, 2.24) is 0 Å². The van der Waals surface area contributed by atoms with Gasteiger partial charge in [0.15, 0.2) is 0 Å². The van der Waals surface area contributed by atoms with E-state index >= 15 is 0 Å². The molecule has 0 fully saturated rings. The van der Waals surface area contributed by atoms with Crippen molar-refractivity contribution < 1.29 is 9.47 Å². The van der Waals surface area contributed by atoms with Crippen molar-refractivity contribution in [3.63, 3.8) is 0 Å². The Morgan fingerprint density at radius 2 is 1.59 bits per heavy atom. The van der Waals surface area contributed by atoms with Gasteiger partial charge in [0.2, 0.25) is 0 Å². The van der Waals surface area contributed by atoms with Crippen molar-refractivity contribution in [2.45, 2.75) is 32.6 Å². The molecule has 0 saturated carbocycles. The van der Waals surface area contributed by atoms with Gasteiger partial charge >= 0.3 is 0 Å². The SMILES string of the molecule is COc1cc(C)cc(OC)c1CCCCCN. The minimum Gasteiger partial charge on any atom is -0.496 e. The summed E-state index contributed by atoms with van der Waals surface area (Å²) in [6.07, 6.45) is 4.33. The fraction of sp³-hybridized carbons (Fsp3) is 0.571. The van der Waals surface area contributed by atoms with Gasteiger partial charge in [0.25, 0.3) is 0 Å². The second-order valence-electron chi connectivity index (χ2n) is 4.25. The zero-order valence-electron chi connectivity index (χ0n) is 11.1. The molecule has 96 valence electrons. The molecule has 0 aliphatic rings. The quantitative estimate of drug-likeness (QED) is 0.741. The maximum atomic E-state index is 5.49. The van der Waals surface area contributed by atoms with Gasteiger partial charge < -0.3 is 15.2 Å². The molecule has 3 heteroatoms. The number of nitrogens with two attached hydrogens (primary N) is 1. The Labute approximate surface area is 104 Å². The molecule has 0 amide bonds. The molecule has 0 heterocycles. The molecule has 0 unspecified atom stereocenters. The smallest absolute Gasteiger partial charge is 0.126 e. The van der Waals surface area contributed by atoms with Gasteiger partial charge in [0.05, 0.1) is 14.2 Å². The molecule has 3 nitrogen and oxygen atoms in total. The molecule has 0 spiro atoms.